The average Bonchev–Trinajstić information content (AvgIpc) is 3.49. The first-order valence-electron chi connectivity index (χ1n) is 12.6. The molecule has 4 heterocycles. The summed E-state index contributed by atoms with van der Waals surface area (Å²) >= 11 is 0. The lowest BCUT2D eigenvalue weighted by atomic mass is 9.88. The lowest BCUT2D eigenvalue weighted by Crippen LogP contribution is -2.51. The van der Waals surface area contributed by atoms with Gasteiger partial charge in [0.1, 0.15) is 5.83 Å². The minimum atomic E-state index is -0.123. The Kier molecular flexibility index (Phi) is 6.06. The lowest BCUT2D eigenvalue weighted by molar-refractivity contribution is -0.133. The highest BCUT2D eigenvalue weighted by Gasteiger charge is 2.32. The van der Waals surface area contributed by atoms with Gasteiger partial charge >= 0.3 is 0 Å². The molecule has 2 aromatic rings. The number of aromatic nitrogens is 1. The van der Waals surface area contributed by atoms with Gasteiger partial charge in [0.15, 0.2) is 17.3 Å². The fourth-order valence-electron chi connectivity index (χ4n) is 5.55. The second-order valence-corrected chi connectivity index (χ2v) is 9.83. The smallest absolute Gasteiger partial charge is 0.246 e. The van der Waals surface area contributed by atoms with Crippen LogP contribution in [0.15, 0.2) is 34.6 Å². The van der Waals surface area contributed by atoms with Crippen LogP contribution in [0.25, 0.3) is 12.2 Å². The third-order valence-electron chi connectivity index (χ3n) is 7.75. The van der Waals surface area contributed by atoms with E-state index in [0.717, 1.165) is 80.2 Å². The van der Waals surface area contributed by atoms with Gasteiger partial charge in [-0.3, -0.25) is 4.79 Å². The summed E-state index contributed by atoms with van der Waals surface area (Å²) in [4.78, 5) is 17.2. The Bertz CT molecular complexity index is 1170. The average molecular weight is 480 g/mol. The standard InChI is InChI=1S/C27H30FN3O4/c28-20-3-4-22-24(16-20)35-29-27(22)19-7-11-30(12-8-19)13-9-21-10-14-31(21)26(32)6-2-18-1-5-23-25(15-18)34-17-33-23/h1-2,5-6,15-16,19,21H,3-4,7-14,17H2. The maximum atomic E-state index is 13.5. The molecule has 0 N–H and O–H groups in total. The van der Waals surface area contributed by atoms with E-state index in [1.807, 2.05) is 29.2 Å². The van der Waals surface area contributed by atoms with Crippen LogP contribution in [0.3, 0.4) is 0 Å². The molecule has 6 rings (SSSR count). The summed E-state index contributed by atoms with van der Waals surface area (Å²) in [5, 5.41) is 4.29. The number of rotatable bonds is 6. The number of halogens is 1. The van der Waals surface area contributed by atoms with Gasteiger partial charge in [-0.15, -0.1) is 0 Å². The first-order valence-corrected chi connectivity index (χ1v) is 12.6. The Hall–Kier alpha value is -3.13. The summed E-state index contributed by atoms with van der Waals surface area (Å²) in [5.41, 5.74) is 3.06. The lowest BCUT2D eigenvalue weighted by Gasteiger charge is -2.42. The van der Waals surface area contributed by atoms with Crippen LogP contribution in [-0.2, 0) is 11.2 Å². The van der Waals surface area contributed by atoms with E-state index in [4.69, 9.17) is 14.0 Å². The van der Waals surface area contributed by atoms with Gasteiger partial charge in [0, 0.05) is 49.2 Å². The van der Waals surface area contributed by atoms with Gasteiger partial charge < -0.3 is 23.8 Å². The zero-order chi connectivity index (χ0) is 23.8. The van der Waals surface area contributed by atoms with Gasteiger partial charge in [-0.2, -0.15) is 0 Å². The zero-order valence-corrected chi connectivity index (χ0v) is 19.7. The van der Waals surface area contributed by atoms with Crippen molar-refractivity contribution in [3.8, 4) is 11.5 Å². The van der Waals surface area contributed by atoms with E-state index in [0.29, 0.717) is 30.6 Å². The van der Waals surface area contributed by atoms with Crippen LogP contribution >= 0.6 is 0 Å². The zero-order valence-electron chi connectivity index (χ0n) is 19.7. The molecule has 1 unspecified atom stereocenters. The van der Waals surface area contributed by atoms with E-state index in [-0.39, 0.29) is 18.5 Å². The summed E-state index contributed by atoms with van der Waals surface area (Å²) < 4.78 is 29.7. The molecule has 2 saturated heterocycles. The van der Waals surface area contributed by atoms with Gasteiger partial charge in [-0.1, -0.05) is 11.2 Å². The molecule has 184 valence electrons. The number of benzene rings is 1. The number of likely N-dealkylation sites (tertiary alicyclic amines) is 2. The molecule has 0 spiro atoms. The molecule has 3 aliphatic heterocycles. The first kappa shape index (κ1) is 22.3. The van der Waals surface area contributed by atoms with Crippen molar-refractivity contribution < 1.29 is 23.2 Å². The molecule has 0 radical (unpaired) electrons. The largest absolute Gasteiger partial charge is 0.454 e. The molecule has 8 heteroatoms. The fourth-order valence-corrected chi connectivity index (χ4v) is 5.55. The minimum Gasteiger partial charge on any atom is -0.454 e. The van der Waals surface area contributed by atoms with Crippen molar-refractivity contribution in [1.29, 1.82) is 0 Å². The van der Waals surface area contributed by atoms with Crippen molar-refractivity contribution in [2.24, 2.45) is 0 Å². The topological polar surface area (TPSA) is 68.0 Å². The molecule has 2 fully saturated rings. The molecule has 1 atom stereocenters. The molecule has 0 saturated carbocycles. The van der Waals surface area contributed by atoms with E-state index >= 15 is 0 Å². The molecule has 35 heavy (non-hydrogen) atoms. The summed E-state index contributed by atoms with van der Waals surface area (Å²) in [5.74, 6) is 2.40. The maximum Gasteiger partial charge on any atom is 0.246 e. The van der Waals surface area contributed by atoms with Crippen molar-refractivity contribution in [2.75, 3.05) is 33.0 Å². The fraction of sp³-hybridized carbons (Fsp3) is 0.481. The van der Waals surface area contributed by atoms with Crippen LogP contribution in [0.2, 0.25) is 0 Å². The maximum absolute atomic E-state index is 13.5. The number of allylic oxidation sites excluding steroid dienone is 1. The first-order chi connectivity index (χ1) is 17.1. The van der Waals surface area contributed by atoms with Gasteiger partial charge in [0.25, 0.3) is 0 Å². The monoisotopic (exact) mass is 479 g/mol. The summed E-state index contributed by atoms with van der Waals surface area (Å²) in [7, 11) is 0. The molecule has 1 aromatic heterocycles. The van der Waals surface area contributed by atoms with E-state index < -0.39 is 0 Å². The Morgan fingerprint density at radius 1 is 1.11 bits per heavy atom. The number of hydrogen-bond acceptors (Lipinski definition) is 6. The number of piperidine rings is 1. The Morgan fingerprint density at radius 2 is 1.97 bits per heavy atom. The van der Waals surface area contributed by atoms with Crippen molar-refractivity contribution in [1.82, 2.24) is 15.0 Å². The van der Waals surface area contributed by atoms with E-state index in [9.17, 15) is 9.18 Å². The summed E-state index contributed by atoms with van der Waals surface area (Å²) in [6, 6.07) is 6.01. The number of hydrogen-bond donors (Lipinski definition) is 0. The number of carbonyl (C=O) groups excluding carboxylic acids is 1. The molecule has 4 aliphatic rings. The Labute approximate surface area is 204 Å². The molecule has 1 amide bonds. The quantitative estimate of drug-likeness (QED) is 0.567. The van der Waals surface area contributed by atoms with Crippen LogP contribution in [-0.4, -0.2) is 59.9 Å². The number of ether oxygens (including phenoxy) is 2. The second kappa shape index (κ2) is 9.49. The van der Waals surface area contributed by atoms with Crippen molar-refractivity contribution in [3.63, 3.8) is 0 Å². The summed E-state index contributed by atoms with van der Waals surface area (Å²) in [6.07, 6.45) is 10.3. The molecule has 1 aromatic carbocycles. The number of nitrogens with zero attached hydrogens (tertiary/aromatic N) is 3. The number of carbonyl (C=O) groups is 1. The second-order valence-electron chi connectivity index (χ2n) is 9.83. The third-order valence-corrected chi connectivity index (χ3v) is 7.75. The normalized spacial score (nSPS) is 22.3. The van der Waals surface area contributed by atoms with Crippen molar-refractivity contribution in [3.05, 3.63) is 52.7 Å². The highest BCUT2D eigenvalue weighted by Crippen LogP contribution is 2.36. The van der Waals surface area contributed by atoms with E-state index in [1.165, 1.54) is 6.08 Å². The van der Waals surface area contributed by atoms with E-state index in [1.54, 1.807) is 6.08 Å². The Morgan fingerprint density at radius 3 is 2.80 bits per heavy atom. The van der Waals surface area contributed by atoms with Crippen LogP contribution in [0.5, 0.6) is 11.5 Å². The van der Waals surface area contributed by atoms with Gasteiger partial charge in [-0.05, 0) is 69.0 Å². The molecule has 7 nitrogen and oxygen atoms in total. The predicted molar refractivity (Wildman–Crippen MR) is 129 cm³/mol. The van der Waals surface area contributed by atoms with Crippen molar-refractivity contribution in [2.45, 2.75) is 50.5 Å². The molecular formula is C27H30FN3O4. The Balaban J connectivity index is 0.970. The van der Waals surface area contributed by atoms with Crippen LogP contribution in [0.1, 0.15) is 60.6 Å². The van der Waals surface area contributed by atoms with Gasteiger partial charge in [-0.25, -0.2) is 4.39 Å². The minimum absolute atomic E-state index is 0.0684. The molecular weight excluding hydrogens is 449 g/mol. The number of fused-ring (bicyclic) bond motifs is 2. The van der Waals surface area contributed by atoms with Crippen LogP contribution in [0, 0.1) is 0 Å². The summed E-state index contributed by atoms with van der Waals surface area (Å²) in [6.45, 7) is 4.10. The van der Waals surface area contributed by atoms with E-state index in [2.05, 4.69) is 10.1 Å². The molecule has 1 aliphatic carbocycles. The number of amides is 1. The van der Waals surface area contributed by atoms with Crippen LogP contribution < -0.4 is 9.47 Å². The highest BCUT2D eigenvalue weighted by molar-refractivity contribution is 5.92. The molecule has 0 bridgehead atoms. The third kappa shape index (κ3) is 4.59. The predicted octanol–water partition coefficient (Wildman–Crippen LogP) is 4.54. The SMILES string of the molecule is O=C(C=Cc1ccc2c(c1)OCO2)N1CCC1CCN1CCC(c2noc3c2CCC(F)=C3)CC1. The van der Waals surface area contributed by atoms with Gasteiger partial charge in [0.05, 0.1) is 5.69 Å². The van der Waals surface area contributed by atoms with Crippen molar-refractivity contribution >= 4 is 18.1 Å². The van der Waals surface area contributed by atoms with Gasteiger partial charge in [0.2, 0.25) is 12.7 Å². The highest BCUT2D eigenvalue weighted by atomic mass is 19.1. The van der Waals surface area contributed by atoms with Crippen LogP contribution in [0.4, 0.5) is 4.39 Å².